The summed E-state index contributed by atoms with van der Waals surface area (Å²) in [5, 5.41) is 9.62. The van der Waals surface area contributed by atoms with Gasteiger partial charge in [0.05, 0.1) is 13.2 Å². The number of fused-ring (bicyclic) bond motifs is 1. The van der Waals surface area contributed by atoms with Crippen molar-refractivity contribution >= 4 is 11.9 Å². The number of hydrogen-bond donors (Lipinski definition) is 1. The van der Waals surface area contributed by atoms with Crippen LogP contribution in [-0.4, -0.2) is 41.8 Å². The van der Waals surface area contributed by atoms with Crippen LogP contribution < -0.4 is 14.2 Å². The lowest BCUT2D eigenvalue weighted by Crippen LogP contribution is -2.41. The molecular formula is C20H19NO6. The van der Waals surface area contributed by atoms with Gasteiger partial charge in [-0.05, 0) is 41.8 Å². The molecule has 2 aliphatic rings. The Morgan fingerprint density at radius 2 is 1.85 bits per heavy atom. The molecule has 0 aliphatic carbocycles. The van der Waals surface area contributed by atoms with Gasteiger partial charge in [0.2, 0.25) is 12.7 Å². The number of hydrogen-bond acceptors (Lipinski definition) is 5. The van der Waals surface area contributed by atoms with Crippen LogP contribution in [0.25, 0.3) is 0 Å². The second kappa shape index (κ2) is 6.83. The van der Waals surface area contributed by atoms with Crippen molar-refractivity contribution in [2.45, 2.75) is 24.9 Å². The summed E-state index contributed by atoms with van der Waals surface area (Å²) >= 11 is 0. The minimum atomic E-state index is -1.000. The van der Waals surface area contributed by atoms with Crippen LogP contribution in [0.5, 0.6) is 17.2 Å². The van der Waals surface area contributed by atoms with Gasteiger partial charge in [0.15, 0.2) is 11.5 Å². The highest BCUT2D eigenvalue weighted by atomic mass is 16.7. The average Bonchev–Trinajstić information content (AvgIpc) is 3.29. The largest absolute Gasteiger partial charge is 0.497 e. The highest BCUT2D eigenvalue weighted by Crippen LogP contribution is 2.40. The lowest BCUT2D eigenvalue weighted by atomic mass is 9.95. The molecule has 7 heteroatoms. The number of benzene rings is 2. The van der Waals surface area contributed by atoms with Gasteiger partial charge in [-0.25, -0.2) is 4.79 Å². The van der Waals surface area contributed by atoms with E-state index in [0.29, 0.717) is 23.7 Å². The van der Waals surface area contributed by atoms with Crippen LogP contribution in [0.15, 0.2) is 42.5 Å². The van der Waals surface area contributed by atoms with Crippen molar-refractivity contribution < 1.29 is 28.9 Å². The maximum absolute atomic E-state index is 12.6. The Bertz CT molecular complexity index is 879. The summed E-state index contributed by atoms with van der Waals surface area (Å²) in [6.45, 7) is 0.145. The number of methoxy groups -OCH3 is 1. The molecule has 27 heavy (non-hydrogen) atoms. The first kappa shape index (κ1) is 17.2. The summed E-state index contributed by atoms with van der Waals surface area (Å²) in [5.41, 5.74) is 1.57. The van der Waals surface area contributed by atoms with Gasteiger partial charge in [-0.2, -0.15) is 0 Å². The molecule has 0 aromatic heterocycles. The third kappa shape index (κ3) is 3.05. The van der Waals surface area contributed by atoms with Crippen LogP contribution in [0.3, 0.4) is 0 Å². The first-order valence-corrected chi connectivity index (χ1v) is 8.66. The highest BCUT2D eigenvalue weighted by molar-refractivity contribution is 5.88. The molecule has 7 nitrogen and oxygen atoms in total. The number of rotatable bonds is 5. The van der Waals surface area contributed by atoms with Gasteiger partial charge in [-0.15, -0.1) is 0 Å². The number of carbonyl (C=O) groups is 2. The molecule has 2 atom stereocenters. The number of aliphatic carboxylic acids is 1. The molecule has 0 unspecified atom stereocenters. The summed E-state index contributed by atoms with van der Waals surface area (Å²) in [6.07, 6.45) is 0.513. The van der Waals surface area contributed by atoms with Crippen molar-refractivity contribution in [3.8, 4) is 17.2 Å². The average molecular weight is 369 g/mol. The number of carboxylic acid groups (broad SMARTS) is 1. The molecule has 0 radical (unpaired) electrons. The minimum Gasteiger partial charge on any atom is -0.497 e. The second-order valence-electron chi connectivity index (χ2n) is 6.48. The van der Waals surface area contributed by atoms with Crippen LogP contribution in [0.4, 0.5) is 0 Å². The molecule has 1 saturated heterocycles. The number of amides is 1. The second-order valence-corrected chi connectivity index (χ2v) is 6.48. The van der Waals surface area contributed by atoms with E-state index in [4.69, 9.17) is 14.2 Å². The zero-order chi connectivity index (χ0) is 19.0. The van der Waals surface area contributed by atoms with Crippen molar-refractivity contribution in [2.24, 2.45) is 0 Å². The fourth-order valence-electron chi connectivity index (χ4n) is 3.65. The smallest absolute Gasteiger partial charge is 0.326 e. The summed E-state index contributed by atoms with van der Waals surface area (Å²) < 4.78 is 16.0. The van der Waals surface area contributed by atoms with Gasteiger partial charge in [-0.3, -0.25) is 4.79 Å². The van der Waals surface area contributed by atoms with E-state index in [0.717, 1.165) is 11.1 Å². The molecular weight excluding hydrogens is 350 g/mol. The Kier molecular flexibility index (Phi) is 4.35. The first-order valence-electron chi connectivity index (χ1n) is 8.66. The van der Waals surface area contributed by atoms with Gasteiger partial charge in [0.1, 0.15) is 11.8 Å². The van der Waals surface area contributed by atoms with E-state index in [1.54, 1.807) is 25.3 Å². The van der Waals surface area contributed by atoms with E-state index in [9.17, 15) is 14.7 Å². The topological polar surface area (TPSA) is 85.3 Å². The number of ether oxygens (including phenoxy) is 3. The van der Waals surface area contributed by atoms with Crippen LogP contribution in [0, 0.1) is 0 Å². The summed E-state index contributed by atoms with van der Waals surface area (Å²) in [5.74, 6) is 0.728. The standard InChI is InChI=1S/C20H19NO6/c1-25-14-5-2-12(3-6-14)19(21-15(20(23)24)7-9-18(21)22)13-4-8-16-17(10-13)27-11-26-16/h2-6,8,10,15,19H,7,9,11H2,1H3,(H,23,24)/t15-,19-/m1/s1. The Morgan fingerprint density at radius 1 is 1.15 bits per heavy atom. The van der Waals surface area contributed by atoms with Gasteiger partial charge in [0, 0.05) is 6.42 Å². The van der Waals surface area contributed by atoms with E-state index < -0.39 is 18.1 Å². The van der Waals surface area contributed by atoms with Gasteiger partial charge in [-0.1, -0.05) is 18.2 Å². The zero-order valence-electron chi connectivity index (χ0n) is 14.8. The normalized spacial score (nSPS) is 19.2. The Balaban J connectivity index is 1.81. The SMILES string of the molecule is COc1ccc([C@H](c2ccc3c(c2)OCO3)N2C(=O)CC[C@@H]2C(=O)O)cc1. The van der Waals surface area contributed by atoms with Crippen molar-refractivity contribution in [1.29, 1.82) is 0 Å². The maximum atomic E-state index is 12.6. The van der Waals surface area contributed by atoms with Crippen molar-refractivity contribution in [3.05, 3.63) is 53.6 Å². The molecule has 0 saturated carbocycles. The molecule has 2 aromatic carbocycles. The quantitative estimate of drug-likeness (QED) is 0.872. The van der Waals surface area contributed by atoms with Crippen LogP contribution in [0.2, 0.25) is 0 Å². The molecule has 0 spiro atoms. The molecule has 2 aromatic rings. The van der Waals surface area contributed by atoms with Crippen LogP contribution >= 0.6 is 0 Å². The van der Waals surface area contributed by atoms with Crippen LogP contribution in [0.1, 0.15) is 30.0 Å². The molecule has 0 bridgehead atoms. The molecule has 1 fully saturated rings. The fraction of sp³-hybridized carbons (Fsp3) is 0.300. The third-order valence-electron chi connectivity index (χ3n) is 4.96. The van der Waals surface area contributed by atoms with E-state index in [-0.39, 0.29) is 19.1 Å². The van der Waals surface area contributed by atoms with Crippen molar-refractivity contribution in [1.82, 2.24) is 4.90 Å². The third-order valence-corrected chi connectivity index (χ3v) is 4.96. The molecule has 4 rings (SSSR count). The van der Waals surface area contributed by atoms with Gasteiger partial charge >= 0.3 is 5.97 Å². The lowest BCUT2D eigenvalue weighted by molar-refractivity contribution is -0.147. The highest BCUT2D eigenvalue weighted by Gasteiger charge is 2.41. The Labute approximate surface area is 156 Å². The first-order chi connectivity index (χ1) is 13.1. The summed E-state index contributed by atoms with van der Waals surface area (Å²) in [7, 11) is 1.58. The fourth-order valence-corrected chi connectivity index (χ4v) is 3.65. The Hall–Kier alpha value is -3.22. The van der Waals surface area contributed by atoms with Crippen molar-refractivity contribution in [2.75, 3.05) is 13.9 Å². The Morgan fingerprint density at radius 3 is 2.56 bits per heavy atom. The predicted molar refractivity (Wildman–Crippen MR) is 94.9 cm³/mol. The minimum absolute atomic E-state index is 0.145. The van der Waals surface area contributed by atoms with Crippen LogP contribution in [-0.2, 0) is 9.59 Å². The van der Waals surface area contributed by atoms with E-state index >= 15 is 0 Å². The number of likely N-dealkylation sites (tertiary alicyclic amines) is 1. The van der Waals surface area contributed by atoms with Crippen molar-refractivity contribution in [3.63, 3.8) is 0 Å². The van der Waals surface area contributed by atoms with E-state index in [1.165, 1.54) is 4.90 Å². The summed E-state index contributed by atoms with van der Waals surface area (Å²) in [4.78, 5) is 25.8. The molecule has 1 amide bonds. The number of nitrogens with zero attached hydrogens (tertiary/aromatic N) is 1. The zero-order valence-corrected chi connectivity index (χ0v) is 14.8. The molecule has 140 valence electrons. The number of carbonyl (C=O) groups excluding carboxylic acids is 1. The van der Waals surface area contributed by atoms with Gasteiger partial charge in [0.25, 0.3) is 0 Å². The number of carboxylic acids is 1. The predicted octanol–water partition coefficient (Wildman–Crippen LogP) is 2.59. The maximum Gasteiger partial charge on any atom is 0.326 e. The van der Waals surface area contributed by atoms with Gasteiger partial charge < -0.3 is 24.2 Å². The van der Waals surface area contributed by atoms with E-state index in [1.807, 2.05) is 24.3 Å². The summed E-state index contributed by atoms with van der Waals surface area (Å²) in [6, 6.07) is 11.3. The monoisotopic (exact) mass is 369 g/mol. The lowest BCUT2D eigenvalue weighted by Gasteiger charge is -2.32. The molecule has 2 aliphatic heterocycles. The van der Waals surface area contributed by atoms with E-state index in [2.05, 4.69) is 0 Å². The molecule has 2 heterocycles. The molecule has 1 N–H and O–H groups in total.